The molecule has 2 aliphatic heterocycles. The van der Waals surface area contributed by atoms with Crippen molar-refractivity contribution in [2.45, 2.75) is 50.7 Å². The Morgan fingerprint density at radius 3 is 2.45 bits per heavy atom. The highest BCUT2D eigenvalue weighted by atomic mass is 32.2. The summed E-state index contributed by atoms with van der Waals surface area (Å²) in [6.07, 6.45) is 6.41. The van der Waals surface area contributed by atoms with Gasteiger partial charge in [-0.1, -0.05) is 0 Å². The first-order chi connectivity index (χ1) is 9.63. The molecule has 1 saturated carbocycles. The summed E-state index contributed by atoms with van der Waals surface area (Å²) in [5, 5.41) is 3.58. The Balaban J connectivity index is 1.43. The predicted molar refractivity (Wildman–Crippen MR) is 78.1 cm³/mol. The average molecular weight is 302 g/mol. The van der Waals surface area contributed by atoms with Crippen LogP contribution in [-0.2, 0) is 14.8 Å². The minimum Gasteiger partial charge on any atom is -0.377 e. The first kappa shape index (κ1) is 14.8. The van der Waals surface area contributed by atoms with E-state index in [9.17, 15) is 8.42 Å². The SMILES string of the molecule is O=S(=O)(CC1CCCO1)N1CCC(NCC2CC2)CC1. The lowest BCUT2D eigenvalue weighted by molar-refractivity contribution is 0.126. The van der Waals surface area contributed by atoms with Gasteiger partial charge in [-0.2, -0.15) is 0 Å². The molecule has 5 nitrogen and oxygen atoms in total. The van der Waals surface area contributed by atoms with E-state index in [0.29, 0.717) is 25.7 Å². The number of piperidine rings is 1. The molecule has 116 valence electrons. The van der Waals surface area contributed by atoms with Crippen LogP contribution in [0.1, 0.15) is 38.5 Å². The van der Waals surface area contributed by atoms with Crippen molar-refractivity contribution in [2.75, 3.05) is 32.0 Å². The zero-order valence-electron chi connectivity index (χ0n) is 12.1. The molecule has 1 N–H and O–H groups in total. The van der Waals surface area contributed by atoms with Crippen LogP contribution in [-0.4, -0.2) is 56.9 Å². The van der Waals surface area contributed by atoms with E-state index in [2.05, 4.69) is 5.32 Å². The summed E-state index contributed by atoms with van der Waals surface area (Å²) in [4.78, 5) is 0. The maximum absolute atomic E-state index is 12.3. The second-order valence-electron chi connectivity index (χ2n) is 6.44. The molecule has 6 heteroatoms. The van der Waals surface area contributed by atoms with Crippen LogP contribution < -0.4 is 5.32 Å². The van der Waals surface area contributed by atoms with Crippen molar-refractivity contribution >= 4 is 10.0 Å². The monoisotopic (exact) mass is 302 g/mol. The number of hydrogen-bond donors (Lipinski definition) is 1. The number of rotatable bonds is 6. The maximum Gasteiger partial charge on any atom is 0.216 e. The third kappa shape index (κ3) is 3.93. The fraction of sp³-hybridized carbons (Fsp3) is 1.00. The third-order valence-electron chi connectivity index (χ3n) is 4.66. The summed E-state index contributed by atoms with van der Waals surface area (Å²) in [5.41, 5.74) is 0. The largest absolute Gasteiger partial charge is 0.377 e. The number of hydrogen-bond acceptors (Lipinski definition) is 4. The van der Waals surface area contributed by atoms with E-state index < -0.39 is 10.0 Å². The molecule has 2 saturated heterocycles. The Kier molecular flexibility index (Phi) is 4.65. The third-order valence-corrected chi connectivity index (χ3v) is 6.60. The highest BCUT2D eigenvalue weighted by Crippen LogP contribution is 2.28. The predicted octanol–water partition coefficient (Wildman–Crippen LogP) is 0.959. The lowest BCUT2D eigenvalue weighted by Crippen LogP contribution is -2.47. The molecule has 0 amide bonds. The maximum atomic E-state index is 12.3. The molecule has 0 bridgehead atoms. The molecule has 2 heterocycles. The van der Waals surface area contributed by atoms with Crippen molar-refractivity contribution in [3.05, 3.63) is 0 Å². The lowest BCUT2D eigenvalue weighted by atomic mass is 10.1. The minimum absolute atomic E-state index is 0.0780. The van der Waals surface area contributed by atoms with Crippen LogP contribution in [0.4, 0.5) is 0 Å². The molecule has 0 aromatic heterocycles. The Bertz CT molecular complexity index is 408. The number of ether oxygens (including phenoxy) is 1. The summed E-state index contributed by atoms with van der Waals surface area (Å²) in [5.74, 6) is 1.06. The van der Waals surface area contributed by atoms with Gasteiger partial charge in [-0.25, -0.2) is 12.7 Å². The highest BCUT2D eigenvalue weighted by Gasteiger charge is 2.32. The second kappa shape index (κ2) is 6.30. The summed E-state index contributed by atoms with van der Waals surface area (Å²) < 4.78 is 31.8. The van der Waals surface area contributed by atoms with Gasteiger partial charge in [-0.05, 0) is 51.0 Å². The molecule has 1 aliphatic carbocycles. The molecule has 3 aliphatic rings. The van der Waals surface area contributed by atoms with Crippen LogP contribution in [0.2, 0.25) is 0 Å². The van der Waals surface area contributed by atoms with Crippen LogP contribution >= 0.6 is 0 Å². The average Bonchev–Trinajstić information content (AvgIpc) is 3.14. The molecule has 0 radical (unpaired) electrons. The van der Waals surface area contributed by atoms with Crippen molar-refractivity contribution in [3.8, 4) is 0 Å². The van der Waals surface area contributed by atoms with Crippen molar-refractivity contribution in [1.82, 2.24) is 9.62 Å². The van der Waals surface area contributed by atoms with Gasteiger partial charge in [0.2, 0.25) is 10.0 Å². The minimum atomic E-state index is -3.13. The van der Waals surface area contributed by atoms with Gasteiger partial charge in [-0.15, -0.1) is 0 Å². The molecule has 3 fully saturated rings. The van der Waals surface area contributed by atoms with E-state index in [1.54, 1.807) is 4.31 Å². The van der Waals surface area contributed by atoms with Gasteiger partial charge < -0.3 is 10.1 Å². The fourth-order valence-corrected chi connectivity index (χ4v) is 4.82. The first-order valence-electron chi connectivity index (χ1n) is 7.96. The van der Waals surface area contributed by atoms with Gasteiger partial charge in [-0.3, -0.25) is 0 Å². The van der Waals surface area contributed by atoms with Gasteiger partial charge in [0, 0.05) is 25.7 Å². The van der Waals surface area contributed by atoms with E-state index >= 15 is 0 Å². The van der Waals surface area contributed by atoms with Crippen LogP contribution in [0.3, 0.4) is 0 Å². The molecule has 1 atom stereocenters. The van der Waals surface area contributed by atoms with Crippen LogP contribution in [0, 0.1) is 5.92 Å². The van der Waals surface area contributed by atoms with Gasteiger partial charge in [0.15, 0.2) is 0 Å². The highest BCUT2D eigenvalue weighted by molar-refractivity contribution is 7.89. The summed E-state index contributed by atoms with van der Waals surface area (Å²) in [6.45, 7) is 3.16. The number of sulfonamides is 1. The Labute approximate surface area is 122 Å². The van der Waals surface area contributed by atoms with Crippen molar-refractivity contribution in [2.24, 2.45) is 5.92 Å². The Morgan fingerprint density at radius 1 is 1.10 bits per heavy atom. The van der Waals surface area contributed by atoms with Crippen molar-refractivity contribution in [1.29, 1.82) is 0 Å². The summed E-state index contributed by atoms with van der Waals surface area (Å²) >= 11 is 0. The normalized spacial score (nSPS) is 29.9. The van der Waals surface area contributed by atoms with E-state index in [0.717, 1.165) is 38.1 Å². The topological polar surface area (TPSA) is 58.6 Å². The van der Waals surface area contributed by atoms with Crippen LogP contribution in [0.5, 0.6) is 0 Å². The van der Waals surface area contributed by atoms with Gasteiger partial charge in [0.05, 0.1) is 11.9 Å². The standard InChI is InChI=1S/C14H26N2O3S/c17-20(18,11-14-2-1-9-19-14)16-7-5-13(6-8-16)15-10-12-3-4-12/h12-15H,1-11H2. The lowest BCUT2D eigenvalue weighted by Gasteiger charge is -2.32. The molecular weight excluding hydrogens is 276 g/mol. The van der Waals surface area contributed by atoms with Crippen molar-refractivity contribution in [3.63, 3.8) is 0 Å². The smallest absolute Gasteiger partial charge is 0.216 e. The Hall–Kier alpha value is -0.170. The zero-order valence-corrected chi connectivity index (χ0v) is 12.9. The molecule has 1 unspecified atom stereocenters. The molecule has 0 spiro atoms. The van der Waals surface area contributed by atoms with E-state index in [1.807, 2.05) is 0 Å². The molecule has 0 aromatic carbocycles. The van der Waals surface area contributed by atoms with Gasteiger partial charge in [0.25, 0.3) is 0 Å². The summed E-state index contributed by atoms with van der Waals surface area (Å²) in [6, 6.07) is 0.504. The van der Waals surface area contributed by atoms with E-state index in [-0.39, 0.29) is 11.9 Å². The molecule has 3 rings (SSSR count). The zero-order chi connectivity index (χ0) is 14.0. The van der Waals surface area contributed by atoms with Crippen LogP contribution in [0.25, 0.3) is 0 Å². The molecule has 20 heavy (non-hydrogen) atoms. The van der Waals surface area contributed by atoms with Crippen molar-refractivity contribution < 1.29 is 13.2 Å². The second-order valence-corrected chi connectivity index (χ2v) is 8.45. The van der Waals surface area contributed by atoms with Gasteiger partial charge >= 0.3 is 0 Å². The van der Waals surface area contributed by atoms with Crippen LogP contribution in [0.15, 0.2) is 0 Å². The first-order valence-corrected chi connectivity index (χ1v) is 9.57. The number of nitrogens with one attached hydrogen (secondary N) is 1. The molecular formula is C14H26N2O3S. The Morgan fingerprint density at radius 2 is 1.85 bits per heavy atom. The van der Waals surface area contributed by atoms with Gasteiger partial charge in [0.1, 0.15) is 0 Å². The number of nitrogens with zero attached hydrogens (tertiary/aromatic N) is 1. The van der Waals surface area contributed by atoms with E-state index in [4.69, 9.17) is 4.74 Å². The quantitative estimate of drug-likeness (QED) is 0.794. The molecule has 0 aromatic rings. The fourth-order valence-electron chi connectivity index (χ4n) is 3.11. The summed E-state index contributed by atoms with van der Waals surface area (Å²) in [7, 11) is -3.13. The van der Waals surface area contributed by atoms with E-state index in [1.165, 1.54) is 12.8 Å².